The fourth-order valence-corrected chi connectivity index (χ4v) is 4.79. The molecule has 0 fully saturated rings. The van der Waals surface area contributed by atoms with Crippen molar-refractivity contribution < 1.29 is 13.8 Å². The summed E-state index contributed by atoms with van der Waals surface area (Å²) >= 11 is 0. The maximum atomic E-state index is 11.8. The fraction of sp³-hybridized carbons (Fsp3) is 0.923. The van der Waals surface area contributed by atoms with E-state index >= 15 is 0 Å². The van der Waals surface area contributed by atoms with E-state index in [1.165, 1.54) is 89.9 Å². The van der Waals surface area contributed by atoms with E-state index in [2.05, 4.69) is 17.6 Å². The topological polar surface area (TPSA) is 75.3 Å². The maximum absolute atomic E-state index is 11.8. The molecule has 0 aliphatic carbocycles. The molecule has 0 aromatic rings. The van der Waals surface area contributed by atoms with Gasteiger partial charge in [-0.25, -0.2) is 0 Å². The standard InChI is InChI=1S/C26H52N2O3S/c1-3-5-6-7-8-9-10-11-12-13-14-15-16-17-18-19-20-27-25(29)24-26(30)28-21-23-32(31)22-4-2/h3-24H2,1-2H3,(H,27,29)(H,28,30). The minimum atomic E-state index is -0.880. The number of amides is 2. The molecule has 0 aromatic carbocycles. The van der Waals surface area contributed by atoms with Gasteiger partial charge in [0.15, 0.2) is 0 Å². The van der Waals surface area contributed by atoms with Gasteiger partial charge in [0.1, 0.15) is 6.42 Å². The molecule has 2 N–H and O–H groups in total. The zero-order valence-corrected chi connectivity index (χ0v) is 22.0. The third kappa shape index (κ3) is 23.7. The monoisotopic (exact) mass is 472 g/mol. The Morgan fingerprint density at radius 2 is 0.938 bits per heavy atom. The molecule has 2 amide bonds. The number of hydrogen-bond donors (Lipinski definition) is 2. The van der Waals surface area contributed by atoms with Gasteiger partial charge in [-0.2, -0.15) is 0 Å². The minimum Gasteiger partial charge on any atom is -0.356 e. The fourth-order valence-electron chi connectivity index (χ4n) is 3.81. The van der Waals surface area contributed by atoms with E-state index in [0.717, 1.165) is 19.3 Å². The Labute approximate surface area is 201 Å². The Bertz CT molecular complexity index is 472. The molecule has 0 bridgehead atoms. The Morgan fingerprint density at radius 1 is 0.531 bits per heavy atom. The van der Waals surface area contributed by atoms with Gasteiger partial charge in [-0.15, -0.1) is 0 Å². The second kappa shape index (κ2) is 24.7. The van der Waals surface area contributed by atoms with Crippen molar-refractivity contribution in [3.63, 3.8) is 0 Å². The molecule has 0 aromatic heterocycles. The van der Waals surface area contributed by atoms with Crippen molar-refractivity contribution >= 4 is 22.6 Å². The highest BCUT2D eigenvalue weighted by Gasteiger charge is 2.08. The molecular weight excluding hydrogens is 420 g/mol. The van der Waals surface area contributed by atoms with Gasteiger partial charge < -0.3 is 10.6 Å². The summed E-state index contributed by atoms with van der Waals surface area (Å²) in [6.07, 6.45) is 22.1. The predicted molar refractivity (Wildman–Crippen MR) is 138 cm³/mol. The molecule has 32 heavy (non-hydrogen) atoms. The third-order valence-corrected chi connectivity index (χ3v) is 7.28. The largest absolute Gasteiger partial charge is 0.356 e. The van der Waals surface area contributed by atoms with E-state index in [-0.39, 0.29) is 18.2 Å². The lowest BCUT2D eigenvalue weighted by molar-refractivity contribution is -0.129. The number of carbonyl (C=O) groups excluding carboxylic acids is 2. The Morgan fingerprint density at radius 3 is 1.38 bits per heavy atom. The summed E-state index contributed by atoms with van der Waals surface area (Å²) in [6.45, 7) is 5.28. The highest BCUT2D eigenvalue weighted by atomic mass is 32.2. The van der Waals surface area contributed by atoms with E-state index in [9.17, 15) is 13.8 Å². The van der Waals surface area contributed by atoms with E-state index in [1.807, 2.05) is 6.92 Å². The van der Waals surface area contributed by atoms with Crippen molar-refractivity contribution in [3.05, 3.63) is 0 Å². The molecule has 0 heterocycles. The third-order valence-electron chi connectivity index (χ3n) is 5.76. The van der Waals surface area contributed by atoms with Gasteiger partial charge in [-0.3, -0.25) is 13.8 Å². The van der Waals surface area contributed by atoms with Gasteiger partial charge in [0.2, 0.25) is 11.8 Å². The van der Waals surface area contributed by atoms with Gasteiger partial charge in [0.25, 0.3) is 0 Å². The molecule has 0 aliphatic rings. The average Bonchev–Trinajstić information content (AvgIpc) is 2.76. The molecule has 5 nitrogen and oxygen atoms in total. The predicted octanol–water partition coefficient (Wildman–Crippen LogP) is 6.03. The normalized spacial score (nSPS) is 11.9. The average molecular weight is 473 g/mol. The molecule has 190 valence electrons. The zero-order valence-electron chi connectivity index (χ0n) is 21.2. The number of carbonyl (C=O) groups is 2. The van der Waals surface area contributed by atoms with Gasteiger partial charge >= 0.3 is 0 Å². The lowest BCUT2D eigenvalue weighted by atomic mass is 10.0. The molecule has 0 radical (unpaired) electrons. The summed E-state index contributed by atoms with van der Waals surface area (Å²) in [5.74, 6) is 0.608. The van der Waals surface area contributed by atoms with Crippen molar-refractivity contribution in [2.24, 2.45) is 0 Å². The van der Waals surface area contributed by atoms with Crippen LogP contribution in [-0.2, 0) is 20.4 Å². The molecule has 0 spiro atoms. The molecule has 0 aliphatic heterocycles. The first kappa shape index (κ1) is 31.1. The van der Waals surface area contributed by atoms with Crippen molar-refractivity contribution in [3.8, 4) is 0 Å². The maximum Gasteiger partial charge on any atom is 0.229 e. The highest BCUT2D eigenvalue weighted by molar-refractivity contribution is 7.84. The Kier molecular flexibility index (Phi) is 24.0. The smallest absolute Gasteiger partial charge is 0.229 e. The molecular formula is C26H52N2O3S. The Hall–Kier alpha value is -0.910. The van der Waals surface area contributed by atoms with E-state index in [4.69, 9.17) is 0 Å². The zero-order chi connectivity index (χ0) is 23.7. The van der Waals surface area contributed by atoms with E-state index < -0.39 is 10.8 Å². The van der Waals surface area contributed by atoms with Crippen LogP contribution in [0.5, 0.6) is 0 Å². The Balaban J connectivity index is 3.30. The van der Waals surface area contributed by atoms with Gasteiger partial charge in [-0.05, 0) is 12.8 Å². The van der Waals surface area contributed by atoms with Crippen molar-refractivity contribution in [2.45, 2.75) is 129 Å². The second-order valence-electron chi connectivity index (χ2n) is 9.03. The second-order valence-corrected chi connectivity index (χ2v) is 10.7. The van der Waals surface area contributed by atoms with Crippen LogP contribution in [0.3, 0.4) is 0 Å². The van der Waals surface area contributed by atoms with Gasteiger partial charge in [0.05, 0.1) is 0 Å². The summed E-state index contributed by atoms with van der Waals surface area (Å²) in [5.41, 5.74) is 0. The number of nitrogens with one attached hydrogen (secondary N) is 2. The van der Waals surface area contributed by atoms with Crippen LogP contribution in [0, 0.1) is 0 Å². The van der Waals surface area contributed by atoms with Crippen molar-refractivity contribution in [1.29, 1.82) is 0 Å². The summed E-state index contributed by atoms with van der Waals surface area (Å²) in [4.78, 5) is 23.5. The van der Waals surface area contributed by atoms with Crippen LogP contribution in [-0.4, -0.2) is 40.6 Å². The van der Waals surface area contributed by atoms with E-state index in [1.54, 1.807) is 0 Å². The van der Waals surface area contributed by atoms with Crippen molar-refractivity contribution in [2.75, 3.05) is 24.6 Å². The summed E-state index contributed by atoms with van der Waals surface area (Å²) in [6, 6.07) is 0. The number of rotatable bonds is 24. The summed E-state index contributed by atoms with van der Waals surface area (Å²) in [5, 5.41) is 5.49. The quantitative estimate of drug-likeness (QED) is 0.133. The first-order valence-electron chi connectivity index (χ1n) is 13.5. The first-order valence-corrected chi connectivity index (χ1v) is 15.0. The SMILES string of the molecule is CCCCCCCCCCCCCCCCCCNC(=O)CC(=O)NCCS(=O)CCC. The van der Waals surface area contributed by atoms with Crippen LogP contribution in [0.25, 0.3) is 0 Å². The molecule has 0 saturated carbocycles. The van der Waals surface area contributed by atoms with Crippen LogP contribution in [0.4, 0.5) is 0 Å². The van der Waals surface area contributed by atoms with Crippen LogP contribution >= 0.6 is 0 Å². The minimum absolute atomic E-state index is 0.140. The number of unbranched alkanes of at least 4 members (excludes halogenated alkanes) is 15. The molecule has 0 saturated heterocycles. The first-order chi connectivity index (χ1) is 15.6. The van der Waals surface area contributed by atoms with Gasteiger partial charge in [-0.1, -0.05) is 110 Å². The molecule has 1 atom stereocenters. The summed E-state index contributed by atoms with van der Waals surface area (Å²) < 4.78 is 11.5. The lowest BCUT2D eigenvalue weighted by Crippen LogP contribution is -2.34. The molecule has 0 rings (SSSR count). The molecule has 1 unspecified atom stereocenters. The van der Waals surface area contributed by atoms with Gasteiger partial charge in [0, 0.05) is 35.4 Å². The van der Waals surface area contributed by atoms with Crippen LogP contribution in [0.1, 0.15) is 129 Å². The highest BCUT2D eigenvalue weighted by Crippen LogP contribution is 2.13. The molecule has 6 heteroatoms. The number of hydrogen-bond acceptors (Lipinski definition) is 3. The summed E-state index contributed by atoms with van der Waals surface area (Å²) in [7, 11) is -0.880. The van der Waals surface area contributed by atoms with Crippen LogP contribution < -0.4 is 10.6 Å². The van der Waals surface area contributed by atoms with Crippen LogP contribution in [0.2, 0.25) is 0 Å². The van der Waals surface area contributed by atoms with E-state index in [0.29, 0.717) is 24.6 Å². The van der Waals surface area contributed by atoms with Crippen LogP contribution in [0.15, 0.2) is 0 Å². The van der Waals surface area contributed by atoms with Crippen molar-refractivity contribution in [1.82, 2.24) is 10.6 Å². The lowest BCUT2D eigenvalue weighted by Gasteiger charge is -2.07.